The van der Waals surface area contributed by atoms with Crippen LogP contribution in [0.3, 0.4) is 0 Å². The first kappa shape index (κ1) is 18.4. The van der Waals surface area contributed by atoms with Crippen LogP contribution in [0.1, 0.15) is 12.0 Å². The van der Waals surface area contributed by atoms with Crippen molar-refractivity contribution >= 4 is 36.4 Å². The Balaban J connectivity index is 0.00000121. The Hall–Kier alpha value is -1.63. The summed E-state index contributed by atoms with van der Waals surface area (Å²) in [5.41, 5.74) is 1.96. The minimum absolute atomic E-state index is 0. The normalized spacial score (nSPS) is 16.5. The Morgan fingerprint density at radius 3 is 2.68 bits per heavy atom. The van der Waals surface area contributed by atoms with Gasteiger partial charge in [-0.2, -0.15) is 5.10 Å². The molecule has 1 amide bonds. The summed E-state index contributed by atoms with van der Waals surface area (Å²) in [6.07, 6.45) is 4.11. The average molecular weight is 344 g/mol. The molecule has 0 saturated carbocycles. The standard InChI is InChI=1S/C14H17N5O.2ClH/c20-14(12-5-6-15-7-12)18-13-3-1-11(2-4-13)8-19-10-16-9-17-19;;/h1-4,9-10,12,15H,5-8H2,(H,18,20);2*1H. The fourth-order valence-electron chi connectivity index (χ4n) is 2.32. The van der Waals surface area contributed by atoms with Crippen LogP contribution in [0.4, 0.5) is 5.69 Å². The Labute approximate surface area is 141 Å². The van der Waals surface area contributed by atoms with Gasteiger partial charge in [-0.3, -0.25) is 4.79 Å². The maximum absolute atomic E-state index is 12.0. The first-order valence-corrected chi connectivity index (χ1v) is 6.74. The molecular formula is C14H19Cl2N5O. The van der Waals surface area contributed by atoms with Crippen LogP contribution < -0.4 is 10.6 Å². The van der Waals surface area contributed by atoms with Gasteiger partial charge in [-0.05, 0) is 30.7 Å². The first-order chi connectivity index (χ1) is 9.81. The number of anilines is 1. The Morgan fingerprint density at radius 2 is 2.09 bits per heavy atom. The van der Waals surface area contributed by atoms with Crippen molar-refractivity contribution < 1.29 is 4.79 Å². The maximum atomic E-state index is 12.0. The van der Waals surface area contributed by atoms with Crippen LogP contribution in [0.5, 0.6) is 0 Å². The number of nitrogens with one attached hydrogen (secondary N) is 2. The highest BCUT2D eigenvalue weighted by molar-refractivity contribution is 5.92. The van der Waals surface area contributed by atoms with Crippen LogP contribution in [0, 0.1) is 5.92 Å². The molecule has 0 bridgehead atoms. The van der Waals surface area contributed by atoms with Gasteiger partial charge >= 0.3 is 0 Å². The van der Waals surface area contributed by atoms with Crippen molar-refractivity contribution in [2.24, 2.45) is 5.92 Å². The number of hydrogen-bond acceptors (Lipinski definition) is 4. The molecule has 6 nitrogen and oxygen atoms in total. The molecule has 1 aliphatic rings. The molecule has 1 aromatic carbocycles. The summed E-state index contributed by atoms with van der Waals surface area (Å²) in [6.45, 7) is 2.38. The number of rotatable bonds is 4. The third-order valence-electron chi connectivity index (χ3n) is 3.46. The van der Waals surface area contributed by atoms with Crippen LogP contribution in [-0.2, 0) is 11.3 Å². The molecule has 2 heterocycles. The van der Waals surface area contributed by atoms with Gasteiger partial charge in [-0.1, -0.05) is 12.1 Å². The maximum Gasteiger partial charge on any atom is 0.228 e. The number of carbonyl (C=O) groups excluding carboxylic acids is 1. The van der Waals surface area contributed by atoms with E-state index in [1.165, 1.54) is 6.33 Å². The van der Waals surface area contributed by atoms with Crippen LogP contribution in [-0.4, -0.2) is 33.8 Å². The lowest BCUT2D eigenvalue weighted by Gasteiger charge is -2.10. The Kier molecular flexibility index (Phi) is 7.31. The van der Waals surface area contributed by atoms with E-state index in [1.807, 2.05) is 24.3 Å². The molecule has 0 spiro atoms. The summed E-state index contributed by atoms with van der Waals surface area (Å²) in [4.78, 5) is 15.9. The number of carbonyl (C=O) groups is 1. The van der Waals surface area contributed by atoms with E-state index in [0.29, 0.717) is 6.54 Å². The van der Waals surface area contributed by atoms with E-state index in [9.17, 15) is 4.79 Å². The number of amides is 1. The van der Waals surface area contributed by atoms with Crippen LogP contribution >= 0.6 is 24.8 Å². The monoisotopic (exact) mass is 343 g/mol. The van der Waals surface area contributed by atoms with Gasteiger partial charge in [0.2, 0.25) is 5.91 Å². The fourth-order valence-corrected chi connectivity index (χ4v) is 2.32. The van der Waals surface area contributed by atoms with Crippen LogP contribution in [0.2, 0.25) is 0 Å². The lowest BCUT2D eigenvalue weighted by Crippen LogP contribution is -2.24. The minimum Gasteiger partial charge on any atom is -0.326 e. The predicted molar refractivity (Wildman–Crippen MR) is 89.7 cm³/mol. The third kappa shape index (κ3) is 4.69. The zero-order valence-electron chi connectivity index (χ0n) is 11.9. The van der Waals surface area contributed by atoms with Gasteiger partial charge < -0.3 is 10.6 Å². The lowest BCUT2D eigenvalue weighted by molar-refractivity contribution is -0.119. The molecule has 1 saturated heterocycles. The second-order valence-corrected chi connectivity index (χ2v) is 4.97. The molecule has 8 heteroatoms. The van der Waals surface area contributed by atoms with E-state index in [4.69, 9.17) is 0 Å². The quantitative estimate of drug-likeness (QED) is 0.886. The summed E-state index contributed by atoms with van der Waals surface area (Å²) in [7, 11) is 0. The highest BCUT2D eigenvalue weighted by Crippen LogP contribution is 2.14. The van der Waals surface area contributed by atoms with Gasteiger partial charge in [0.1, 0.15) is 12.7 Å². The van der Waals surface area contributed by atoms with Crippen molar-refractivity contribution in [2.45, 2.75) is 13.0 Å². The zero-order chi connectivity index (χ0) is 13.8. The SMILES string of the molecule is Cl.Cl.O=C(Nc1ccc(Cn2cncn2)cc1)C1CCNC1. The second-order valence-electron chi connectivity index (χ2n) is 4.97. The number of halogens is 2. The summed E-state index contributed by atoms with van der Waals surface area (Å²) >= 11 is 0. The molecule has 1 aromatic heterocycles. The third-order valence-corrected chi connectivity index (χ3v) is 3.46. The second kappa shape index (κ2) is 8.73. The highest BCUT2D eigenvalue weighted by atomic mass is 35.5. The number of benzene rings is 1. The molecule has 1 fully saturated rings. The van der Waals surface area contributed by atoms with Crippen molar-refractivity contribution in [3.8, 4) is 0 Å². The molecule has 1 unspecified atom stereocenters. The fraction of sp³-hybridized carbons (Fsp3) is 0.357. The molecule has 120 valence electrons. The van der Waals surface area contributed by atoms with Crippen molar-refractivity contribution in [1.29, 1.82) is 0 Å². The van der Waals surface area contributed by atoms with Gasteiger partial charge in [-0.15, -0.1) is 24.8 Å². The number of aromatic nitrogens is 3. The smallest absolute Gasteiger partial charge is 0.228 e. The van der Waals surface area contributed by atoms with Crippen molar-refractivity contribution in [3.63, 3.8) is 0 Å². The Morgan fingerprint density at radius 1 is 1.32 bits per heavy atom. The molecule has 1 aliphatic heterocycles. The van der Waals surface area contributed by atoms with Crippen LogP contribution in [0.15, 0.2) is 36.9 Å². The summed E-state index contributed by atoms with van der Waals surface area (Å²) < 4.78 is 1.76. The van der Waals surface area contributed by atoms with E-state index in [2.05, 4.69) is 20.7 Å². The highest BCUT2D eigenvalue weighted by Gasteiger charge is 2.22. The van der Waals surface area contributed by atoms with Gasteiger partial charge in [0.15, 0.2) is 0 Å². The molecule has 22 heavy (non-hydrogen) atoms. The molecule has 1 atom stereocenters. The zero-order valence-corrected chi connectivity index (χ0v) is 13.6. The van der Waals surface area contributed by atoms with E-state index in [-0.39, 0.29) is 36.6 Å². The molecule has 0 aliphatic carbocycles. The number of nitrogens with zero attached hydrogens (tertiary/aromatic N) is 3. The first-order valence-electron chi connectivity index (χ1n) is 6.74. The molecule has 0 radical (unpaired) electrons. The van der Waals surface area contributed by atoms with Crippen molar-refractivity contribution in [2.75, 3.05) is 18.4 Å². The average Bonchev–Trinajstić information content (AvgIpc) is 3.13. The van der Waals surface area contributed by atoms with E-state index in [0.717, 1.165) is 30.8 Å². The molecular weight excluding hydrogens is 325 g/mol. The van der Waals surface area contributed by atoms with Gasteiger partial charge in [0, 0.05) is 12.2 Å². The molecule has 2 N–H and O–H groups in total. The van der Waals surface area contributed by atoms with E-state index in [1.54, 1.807) is 11.0 Å². The molecule has 2 aromatic rings. The van der Waals surface area contributed by atoms with Crippen molar-refractivity contribution in [3.05, 3.63) is 42.5 Å². The van der Waals surface area contributed by atoms with Gasteiger partial charge in [0.05, 0.1) is 12.5 Å². The van der Waals surface area contributed by atoms with Gasteiger partial charge in [0.25, 0.3) is 0 Å². The summed E-state index contributed by atoms with van der Waals surface area (Å²) in [5.74, 6) is 0.184. The van der Waals surface area contributed by atoms with Crippen molar-refractivity contribution in [1.82, 2.24) is 20.1 Å². The van der Waals surface area contributed by atoms with Gasteiger partial charge in [-0.25, -0.2) is 9.67 Å². The van der Waals surface area contributed by atoms with E-state index >= 15 is 0 Å². The topological polar surface area (TPSA) is 71.8 Å². The Bertz CT molecular complexity index is 567. The number of hydrogen-bond donors (Lipinski definition) is 2. The minimum atomic E-state index is 0. The van der Waals surface area contributed by atoms with E-state index < -0.39 is 0 Å². The summed E-state index contributed by atoms with van der Waals surface area (Å²) in [6, 6.07) is 7.83. The summed E-state index contributed by atoms with van der Waals surface area (Å²) in [5, 5.41) is 10.2. The van der Waals surface area contributed by atoms with Crippen LogP contribution in [0.25, 0.3) is 0 Å². The predicted octanol–water partition coefficient (Wildman–Crippen LogP) is 1.72. The molecule has 3 rings (SSSR count). The lowest BCUT2D eigenvalue weighted by atomic mass is 10.1. The largest absolute Gasteiger partial charge is 0.326 e.